The van der Waals surface area contributed by atoms with Crippen LogP contribution in [0, 0.1) is 6.92 Å². The van der Waals surface area contributed by atoms with E-state index in [9.17, 15) is 5.11 Å². The molecular weight excluding hydrogens is 244 g/mol. The summed E-state index contributed by atoms with van der Waals surface area (Å²) in [5.41, 5.74) is 2.11. The molecule has 2 heterocycles. The smallest absolute Gasteiger partial charge is 0.125 e. The Hall–Kier alpha value is -1.26. The SMILES string of the molecule is Cc1nc(-c2cccnc2)sc1C1(CO)CCC1. The summed E-state index contributed by atoms with van der Waals surface area (Å²) in [6.07, 6.45) is 6.98. The predicted octanol–water partition coefficient (Wildman–Crippen LogP) is 2.93. The van der Waals surface area contributed by atoms with Crippen molar-refractivity contribution in [1.29, 1.82) is 0 Å². The highest BCUT2D eigenvalue weighted by atomic mass is 32.1. The topological polar surface area (TPSA) is 46.0 Å². The number of aliphatic hydroxyl groups excluding tert-OH is 1. The third-order valence-corrected chi connectivity index (χ3v) is 5.25. The molecule has 1 saturated carbocycles. The summed E-state index contributed by atoms with van der Waals surface area (Å²) >= 11 is 1.71. The van der Waals surface area contributed by atoms with E-state index in [1.54, 1.807) is 17.5 Å². The summed E-state index contributed by atoms with van der Waals surface area (Å²) in [6.45, 7) is 2.28. The van der Waals surface area contributed by atoms with Crippen molar-refractivity contribution in [2.75, 3.05) is 6.61 Å². The van der Waals surface area contributed by atoms with Crippen LogP contribution < -0.4 is 0 Å². The Labute approximate surface area is 111 Å². The van der Waals surface area contributed by atoms with Gasteiger partial charge in [-0.3, -0.25) is 4.98 Å². The zero-order valence-electron chi connectivity index (χ0n) is 10.4. The van der Waals surface area contributed by atoms with Crippen LogP contribution in [0.25, 0.3) is 10.6 Å². The molecule has 3 nitrogen and oxygen atoms in total. The fourth-order valence-corrected chi connectivity index (χ4v) is 3.85. The van der Waals surface area contributed by atoms with Crippen LogP contribution in [-0.2, 0) is 5.41 Å². The van der Waals surface area contributed by atoms with E-state index in [1.165, 1.54) is 11.3 Å². The Balaban J connectivity index is 2.01. The number of aliphatic hydroxyl groups is 1. The number of aromatic nitrogens is 2. The van der Waals surface area contributed by atoms with Gasteiger partial charge in [0.1, 0.15) is 5.01 Å². The zero-order chi connectivity index (χ0) is 12.6. The van der Waals surface area contributed by atoms with E-state index in [0.717, 1.165) is 29.1 Å². The van der Waals surface area contributed by atoms with Gasteiger partial charge in [0, 0.05) is 28.2 Å². The average molecular weight is 260 g/mol. The van der Waals surface area contributed by atoms with Crippen LogP contribution in [0.1, 0.15) is 29.8 Å². The summed E-state index contributed by atoms with van der Waals surface area (Å²) in [7, 11) is 0. The minimum Gasteiger partial charge on any atom is -0.395 e. The first-order valence-corrected chi connectivity index (χ1v) is 7.06. The summed E-state index contributed by atoms with van der Waals surface area (Å²) < 4.78 is 0. The first kappa shape index (κ1) is 11.8. The maximum absolute atomic E-state index is 9.66. The maximum Gasteiger partial charge on any atom is 0.125 e. The van der Waals surface area contributed by atoms with Gasteiger partial charge in [0.15, 0.2) is 0 Å². The van der Waals surface area contributed by atoms with E-state index < -0.39 is 0 Å². The number of nitrogens with zero attached hydrogens (tertiary/aromatic N) is 2. The maximum atomic E-state index is 9.66. The van der Waals surface area contributed by atoms with Gasteiger partial charge in [-0.1, -0.05) is 6.42 Å². The highest BCUT2D eigenvalue weighted by molar-refractivity contribution is 7.15. The molecule has 1 N–H and O–H groups in total. The van der Waals surface area contributed by atoms with E-state index in [4.69, 9.17) is 0 Å². The largest absolute Gasteiger partial charge is 0.395 e. The minimum absolute atomic E-state index is 0.0117. The fraction of sp³-hybridized carbons (Fsp3) is 0.429. The highest BCUT2D eigenvalue weighted by Gasteiger charge is 2.41. The molecule has 0 radical (unpaired) electrons. The molecule has 0 aromatic carbocycles. The van der Waals surface area contributed by atoms with Crippen LogP contribution in [0.4, 0.5) is 0 Å². The van der Waals surface area contributed by atoms with Crippen molar-refractivity contribution in [3.8, 4) is 10.6 Å². The van der Waals surface area contributed by atoms with E-state index >= 15 is 0 Å². The molecule has 4 heteroatoms. The Morgan fingerprint density at radius 3 is 2.83 bits per heavy atom. The first-order chi connectivity index (χ1) is 8.75. The van der Waals surface area contributed by atoms with Crippen molar-refractivity contribution < 1.29 is 5.11 Å². The van der Waals surface area contributed by atoms with Gasteiger partial charge in [0.05, 0.1) is 12.3 Å². The van der Waals surface area contributed by atoms with Crippen molar-refractivity contribution in [2.45, 2.75) is 31.6 Å². The van der Waals surface area contributed by atoms with Crippen LogP contribution in [0.3, 0.4) is 0 Å². The van der Waals surface area contributed by atoms with Crippen molar-refractivity contribution in [1.82, 2.24) is 9.97 Å². The lowest BCUT2D eigenvalue weighted by Gasteiger charge is -2.39. The molecule has 1 aliphatic carbocycles. The van der Waals surface area contributed by atoms with Crippen LogP contribution in [0.2, 0.25) is 0 Å². The Bertz CT molecular complexity index is 541. The number of thiazole rings is 1. The molecule has 0 saturated heterocycles. The van der Waals surface area contributed by atoms with Gasteiger partial charge in [-0.2, -0.15) is 0 Å². The third kappa shape index (κ3) is 1.76. The second-order valence-corrected chi connectivity index (χ2v) is 5.97. The van der Waals surface area contributed by atoms with E-state index in [-0.39, 0.29) is 12.0 Å². The molecule has 0 bridgehead atoms. The van der Waals surface area contributed by atoms with Crippen molar-refractivity contribution in [3.05, 3.63) is 35.1 Å². The predicted molar refractivity (Wildman–Crippen MR) is 72.7 cm³/mol. The normalized spacial score (nSPS) is 17.4. The van der Waals surface area contributed by atoms with Gasteiger partial charge in [-0.05, 0) is 31.9 Å². The molecule has 0 amide bonds. The summed E-state index contributed by atoms with van der Waals surface area (Å²) in [4.78, 5) is 10.0. The van der Waals surface area contributed by atoms with Crippen molar-refractivity contribution in [3.63, 3.8) is 0 Å². The quantitative estimate of drug-likeness (QED) is 0.923. The first-order valence-electron chi connectivity index (χ1n) is 6.24. The van der Waals surface area contributed by atoms with Gasteiger partial charge >= 0.3 is 0 Å². The molecule has 2 aromatic rings. The van der Waals surface area contributed by atoms with Gasteiger partial charge in [0.25, 0.3) is 0 Å². The fourth-order valence-electron chi connectivity index (χ4n) is 2.56. The van der Waals surface area contributed by atoms with Gasteiger partial charge < -0.3 is 5.11 Å². The molecule has 1 aliphatic rings. The molecule has 3 rings (SSSR count). The van der Waals surface area contributed by atoms with Crippen LogP contribution in [-0.4, -0.2) is 21.7 Å². The van der Waals surface area contributed by atoms with Crippen LogP contribution in [0.15, 0.2) is 24.5 Å². The standard InChI is InChI=1S/C14H16N2OS/c1-10-12(14(9-17)5-3-6-14)18-13(16-10)11-4-2-7-15-8-11/h2,4,7-8,17H,3,5-6,9H2,1H3. The van der Waals surface area contributed by atoms with Crippen molar-refractivity contribution in [2.24, 2.45) is 0 Å². The van der Waals surface area contributed by atoms with E-state index in [1.807, 2.05) is 25.3 Å². The molecule has 0 spiro atoms. The second kappa shape index (κ2) is 4.44. The Kier molecular flexibility index (Phi) is 2.92. The third-order valence-electron chi connectivity index (χ3n) is 3.80. The van der Waals surface area contributed by atoms with Gasteiger partial charge in [-0.25, -0.2) is 4.98 Å². The molecule has 0 unspecified atom stereocenters. The molecule has 94 valence electrons. The summed E-state index contributed by atoms with van der Waals surface area (Å²) in [5.74, 6) is 0. The molecule has 1 fully saturated rings. The van der Waals surface area contributed by atoms with E-state index in [2.05, 4.69) is 9.97 Å². The van der Waals surface area contributed by atoms with Crippen molar-refractivity contribution >= 4 is 11.3 Å². The second-order valence-electron chi connectivity index (χ2n) is 4.97. The lowest BCUT2D eigenvalue weighted by atomic mass is 9.68. The van der Waals surface area contributed by atoms with Crippen LogP contribution >= 0.6 is 11.3 Å². The number of pyridine rings is 1. The lowest BCUT2D eigenvalue weighted by Crippen LogP contribution is -2.37. The summed E-state index contributed by atoms with van der Waals surface area (Å²) in [6, 6.07) is 3.96. The highest BCUT2D eigenvalue weighted by Crippen LogP contribution is 2.47. The monoisotopic (exact) mass is 260 g/mol. The molecule has 2 aromatic heterocycles. The number of rotatable bonds is 3. The lowest BCUT2D eigenvalue weighted by molar-refractivity contribution is 0.122. The number of hydrogen-bond donors (Lipinski definition) is 1. The number of hydrogen-bond acceptors (Lipinski definition) is 4. The van der Waals surface area contributed by atoms with Gasteiger partial charge in [-0.15, -0.1) is 11.3 Å². The molecule has 0 atom stereocenters. The average Bonchev–Trinajstić information content (AvgIpc) is 2.73. The number of aryl methyl sites for hydroxylation is 1. The Morgan fingerprint density at radius 2 is 2.28 bits per heavy atom. The zero-order valence-corrected chi connectivity index (χ0v) is 11.2. The summed E-state index contributed by atoms with van der Waals surface area (Å²) in [5, 5.41) is 10.7. The van der Waals surface area contributed by atoms with E-state index in [0.29, 0.717) is 0 Å². The molecule has 18 heavy (non-hydrogen) atoms. The molecular formula is C14H16N2OS. The van der Waals surface area contributed by atoms with Crippen LogP contribution in [0.5, 0.6) is 0 Å². The Morgan fingerprint density at radius 1 is 1.44 bits per heavy atom. The van der Waals surface area contributed by atoms with Gasteiger partial charge in [0.2, 0.25) is 0 Å². The molecule has 0 aliphatic heterocycles. The minimum atomic E-state index is -0.0117.